The van der Waals surface area contributed by atoms with Gasteiger partial charge in [0, 0.05) is 24.4 Å². The minimum Gasteiger partial charge on any atom is -0.497 e. The summed E-state index contributed by atoms with van der Waals surface area (Å²) in [7, 11) is 6.38. The summed E-state index contributed by atoms with van der Waals surface area (Å²) in [5.41, 5.74) is 2.62. The molecule has 9 nitrogen and oxygen atoms in total. The summed E-state index contributed by atoms with van der Waals surface area (Å²) >= 11 is 0. The number of nitrogens with zero attached hydrogens (tertiary/aromatic N) is 1. The van der Waals surface area contributed by atoms with Gasteiger partial charge in [0.25, 0.3) is 0 Å². The van der Waals surface area contributed by atoms with Crippen LogP contribution in [0.25, 0.3) is 0 Å². The first-order chi connectivity index (χ1) is 19.5. The van der Waals surface area contributed by atoms with Gasteiger partial charge in [0.2, 0.25) is 0 Å². The standard InChI is InChI=1S/C31H31NO8/c1-34-24-9-21(10-25(15-24)35-2)18-38-28-13-23(20-40-31(33)30-7-5-6-8-32-30)14-29(17-28)39-19-22-11-26(36-3)16-27(12-22)37-4/h5-17H,18-20H2,1-4H3. The number of pyridine rings is 1. The molecule has 9 heteroatoms. The minimum absolute atomic E-state index is 0.00291. The number of methoxy groups -OCH3 is 4. The van der Waals surface area contributed by atoms with Crippen molar-refractivity contribution in [2.75, 3.05) is 28.4 Å². The van der Waals surface area contributed by atoms with Crippen LogP contribution in [-0.4, -0.2) is 39.4 Å². The van der Waals surface area contributed by atoms with Crippen LogP contribution in [0.5, 0.6) is 34.5 Å². The summed E-state index contributed by atoms with van der Waals surface area (Å²) < 4.78 is 39.1. The molecule has 4 aromatic rings. The SMILES string of the molecule is COc1cc(COc2cc(COC(=O)c3ccccn3)cc(OCc3cc(OC)cc(OC)c3)c2)cc(OC)c1. The van der Waals surface area contributed by atoms with E-state index in [4.69, 9.17) is 33.2 Å². The maximum atomic E-state index is 12.5. The van der Waals surface area contributed by atoms with Gasteiger partial charge in [-0.15, -0.1) is 0 Å². The van der Waals surface area contributed by atoms with E-state index >= 15 is 0 Å². The Bertz CT molecular complexity index is 1300. The van der Waals surface area contributed by atoms with Crippen LogP contribution in [0.15, 0.2) is 79.0 Å². The second-order valence-electron chi connectivity index (χ2n) is 8.62. The van der Waals surface area contributed by atoms with Crippen molar-refractivity contribution in [3.63, 3.8) is 0 Å². The van der Waals surface area contributed by atoms with E-state index in [1.165, 1.54) is 6.20 Å². The van der Waals surface area contributed by atoms with E-state index in [2.05, 4.69) is 4.98 Å². The summed E-state index contributed by atoms with van der Waals surface area (Å²) in [5.74, 6) is 3.17. The second kappa shape index (κ2) is 13.7. The van der Waals surface area contributed by atoms with Gasteiger partial charge in [-0.05, 0) is 65.2 Å². The van der Waals surface area contributed by atoms with Crippen molar-refractivity contribution in [3.8, 4) is 34.5 Å². The number of carbonyl (C=O) groups excluding carboxylic acids is 1. The molecule has 4 rings (SSSR count). The molecule has 0 saturated heterocycles. The largest absolute Gasteiger partial charge is 0.497 e. The molecule has 1 aromatic heterocycles. The van der Waals surface area contributed by atoms with Gasteiger partial charge in [-0.25, -0.2) is 9.78 Å². The number of aromatic nitrogens is 1. The van der Waals surface area contributed by atoms with E-state index < -0.39 is 5.97 Å². The van der Waals surface area contributed by atoms with Gasteiger partial charge in [-0.1, -0.05) is 6.07 Å². The van der Waals surface area contributed by atoms with Crippen molar-refractivity contribution in [2.24, 2.45) is 0 Å². The fourth-order valence-electron chi connectivity index (χ4n) is 3.82. The van der Waals surface area contributed by atoms with Crippen molar-refractivity contribution >= 4 is 5.97 Å². The smallest absolute Gasteiger partial charge is 0.357 e. The first-order valence-electron chi connectivity index (χ1n) is 12.4. The number of hydrogen-bond acceptors (Lipinski definition) is 9. The zero-order valence-corrected chi connectivity index (χ0v) is 22.8. The lowest BCUT2D eigenvalue weighted by Gasteiger charge is -2.14. The molecule has 0 aliphatic carbocycles. The molecular formula is C31H31NO8. The summed E-state index contributed by atoms with van der Waals surface area (Å²) in [4.78, 5) is 16.5. The number of hydrogen-bond donors (Lipinski definition) is 0. The Labute approximate surface area is 233 Å². The highest BCUT2D eigenvalue weighted by Crippen LogP contribution is 2.29. The van der Waals surface area contributed by atoms with Crippen LogP contribution in [0, 0.1) is 0 Å². The molecule has 0 radical (unpaired) electrons. The van der Waals surface area contributed by atoms with E-state index in [-0.39, 0.29) is 25.5 Å². The van der Waals surface area contributed by atoms with Crippen molar-refractivity contribution in [2.45, 2.75) is 19.8 Å². The third kappa shape index (κ3) is 7.80. The molecule has 0 amide bonds. The highest BCUT2D eigenvalue weighted by molar-refractivity contribution is 5.87. The van der Waals surface area contributed by atoms with Crippen LogP contribution in [-0.2, 0) is 24.6 Å². The number of carbonyl (C=O) groups is 1. The first kappa shape index (κ1) is 28.1. The molecule has 208 valence electrons. The lowest BCUT2D eigenvalue weighted by molar-refractivity contribution is 0.0465. The van der Waals surface area contributed by atoms with Gasteiger partial charge in [0.05, 0.1) is 28.4 Å². The topological polar surface area (TPSA) is 94.6 Å². The van der Waals surface area contributed by atoms with Crippen LogP contribution in [0.2, 0.25) is 0 Å². The van der Waals surface area contributed by atoms with Crippen LogP contribution in [0.3, 0.4) is 0 Å². The predicted octanol–water partition coefficient (Wildman–Crippen LogP) is 5.63. The molecule has 0 bridgehead atoms. The number of rotatable bonds is 13. The molecule has 3 aromatic carbocycles. The fourth-order valence-corrected chi connectivity index (χ4v) is 3.82. The Morgan fingerprint density at radius 3 is 1.43 bits per heavy atom. The monoisotopic (exact) mass is 545 g/mol. The summed E-state index contributed by atoms with van der Waals surface area (Å²) in [5, 5.41) is 0. The minimum atomic E-state index is -0.527. The lowest BCUT2D eigenvalue weighted by atomic mass is 10.2. The van der Waals surface area contributed by atoms with Gasteiger partial charge >= 0.3 is 5.97 Å². The van der Waals surface area contributed by atoms with Gasteiger partial charge in [0.1, 0.15) is 60.0 Å². The molecule has 0 spiro atoms. The number of esters is 1. The Morgan fingerprint density at radius 2 is 1.00 bits per heavy atom. The average Bonchev–Trinajstić information content (AvgIpc) is 3.01. The summed E-state index contributed by atoms with van der Waals surface area (Å²) in [6, 6.07) is 21.5. The normalized spacial score (nSPS) is 10.4. The Balaban J connectivity index is 1.53. The maximum Gasteiger partial charge on any atom is 0.357 e. The molecule has 0 fully saturated rings. The summed E-state index contributed by atoms with van der Waals surface area (Å²) in [6.45, 7) is 0.497. The Kier molecular flexibility index (Phi) is 9.66. The fraction of sp³-hybridized carbons (Fsp3) is 0.226. The Morgan fingerprint density at radius 1 is 0.575 bits per heavy atom. The van der Waals surface area contributed by atoms with Crippen LogP contribution < -0.4 is 28.4 Å². The molecular weight excluding hydrogens is 514 g/mol. The zero-order valence-electron chi connectivity index (χ0n) is 22.8. The van der Waals surface area contributed by atoms with E-state index in [0.717, 1.165) is 11.1 Å². The predicted molar refractivity (Wildman–Crippen MR) is 148 cm³/mol. The second-order valence-corrected chi connectivity index (χ2v) is 8.62. The third-order valence-corrected chi connectivity index (χ3v) is 5.82. The van der Waals surface area contributed by atoms with E-state index in [0.29, 0.717) is 40.1 Å². The molecule has 0 aliphatic heterocycles. The number of ether oxygens (including phenoxy) is 7. The van der Waals surface area contributed by atoms with Crippen LogP contribution >= 0.6 is 0 Å². The van der Waals surface area contributed by atoms with E-state index in [9.17, 15) is 4.79 Å². The van der Waals surface area contributed by atoms with Crippen molar-refractivity contribution in [1.82, 2.24) is 4.98 Å². The van der Waals surface area contributed by atoms with Crippen molar-refractivity contribution in [3.05, 3.63) is 101 Å². The van der Waals surface area contributed by atoms with Crippen molar-refractivity contribution < 1.29 is 38.0 Å². The van der Waals surface area contributed by atoms with Gasteiger partial charge in [-0.3, -0.25) is 0 Å². The van der Waals surface area contributed by atoms with Gasteiger partial charge in [-0.2, -0.15) is 0 Å². The molecule has 0 atom stereocenters. The van der Waals surface area contributed by atoms with Gasteiger partial charge < -0.3 is 33.2 Å². The van der Waals surface area contributed by atoms with Crippen LogP contribution in [0.4, 0.5) is 0 Å². The molecule has 40 heavy (non-hydrogen) atoms. The van der Waals surface area contributed by atoms with Gasteiger partial charge in [0.15, 0.2) is 0 Å². The maximum absolute atomic E-state index is 12.5. The first-order valence-corrected chi connectivity index (χ1v) is 12.4. The average molecular weight is 546 g/mol. The highest BCUT2D eigenvalue weighted by atomic mass is 16.5. The molecule has 0 aliphatic rings. The molecule has 0 N–H and O–H groups in total. The molecule has 0 unspecified atom stereocenters. The van der Waals surface area contributed by atoms with Crippen molar-refractivity contribution in [1.29, 1.82) is 0 Å². The third-order valence-electron chi connectivity index (χ3n) is 5.82. The molecule has 0 saturated carbocycles. The Hall–Kier alpha value is -4.92. The summed E-state index contributed by atoms with van der Waals surface area (Å²) in [6.07, 6.45) is 1.54. The number of benzene rings is 3. The quantitative estimate of drug-likeness (QED) is 0.198. The zero-order chi connectivity index (χ0) is 28.3. The van der Waals surface area contributed by atoms with E-state index in [1.54, 1.807) is 77.0 Å². The lowest BCUT2D eigenvalue weighted by Crippen LogP contribution is -2.07. The van der Waals surface area contributed by atoms with E-state index in [1.807, 2.05) is 24.3 Å². The molecule has 1 heterocycles. The van der Waals surface area contributed by atoms with Crippen LogP contribution in [0.1, 0.15) is 27.2 Å². The highest BCUT2D eigenvalue weighted by Gasteiger charge is 2.12.